The fourth-order valence-electron chi connectivity index (χ4n) is 2.28. The van der Waals surface area contributed by atoms with Crippen molar-refractivity contribution in [3.8, 4) is 0 Å². The maximum absolute atomic E-state index is 11.8. The lowest BCUT2D eigenvalue weighted by Gasteiger charge is -2.14. The number of aryl methyl sites for hydroxylation is 1. The second-order valence-electron chi connectivity index (χ2n) is 4.66. The third kappa shape index (κ3) is 3.84. The van der Waals surface area contributed by atoms with Crippen LogP contribution in [0.3, 0.4) is 0 Å². The Balaban J connectivity index is 1.61. The molecule has 0 aliphatic carbocycles. The van der Waals surface area contributed by atoms with Crippen LogP contribution in [0.5, 0.6) is 0 Å². The molecule has 1 aromatic rings. The van der Waals surface area contributed by atoms with E-state index in [1.165, 1.54) is 12.8 Å². The van der Waals surface area contributed by atoms with Gasteiger partial charge in [0.05, 0.1) is 0 Å². The molecule has 1 aromatic heterocycles. The molecular weight excluding hydrogens is 212 g/mol. The van der Waals surface area contributed by atoms with Gasteiger partial charge in [0.1, 0.15) is 6.54 Å². The van der Waals surface area contributed by atoms with Gasteiger partial charge in [-0.05, 0) is 19.3 Å². The molecule has 0 bridgehead atoms. The van der Waals surface area contributed by atoms with Gasteiger partial charge in [-0.15, -0.1) is 0 Å². The SMILES string of the molecule is O=C(CCCC[n+]1ccccc1)N1CCCC1. The number of carbonyl (C=O) groups excluding carboxylic acids is 1. The molecule has 1 amide bonds. The first-order valence-electron chi connectivity index (χ1n) is 6.58. The second kappa shape index (κ2) is 6.38. The minimum atomic E-state index is 0.348. The van der Waals surface area contributed by atoms with E-state index in [0.717, 1.165) is 32.5 Å². The van der Waals surface area contributed by atoms with Crippen molar-refractivity contribution in [2.45, 2.75) is 38.6 Å². The Morgan fingerprint density at radius 2 is 1.76 bits per heavy atom. The van der Waals surface area contributed by atoms with E-state index >= 15 is 0 Å². The van der Waals surface area contributed by atoms with Crippen LogP contribution in [0.1, 0.15) is 32.1 Å². The molecule has 1 saturated heterocycles. The van der Waals surface area contributed by atoms with Crippen molar-refractivity contribution in [1.82, 2.24) is 4.90 Å². The first-order valence-corrected chi connectivity index (χ1v) is 6.58. The number of aromatic nitrogens is 1. The Labute approximate surface area is 103 Å². The predicted molar refractivity (Wildman–Crippen MR) is 66.3 cm³/mol. The van der Waals surface area contributed by atoms with Crippen LogP contribution in [0.25, 0.3) is 0 Å². The van der Waals surface area contributed by atoms with E-state index in [4.69, 9.17) is 0 Å². The monoisotopic (exact) mass is 233 g/mol. The van der Waals surface area contributed by atoms with E-state index in [9.17, 15) is 4.79 Å². The van der Waals surface area contributed by atoms with Crippen molar-refractivity contribution in [3.63, 3.8) is 0 Å². The van der Waals surface area contributed by atoms with Crippen LogP contribution in [-0.4, -0.2) is 23.9 Å². The summed E-state index contributed by atoms with van der Waals surface area (Å²) in [6.07, 6.45) is 9.31. The number of rotatable bonds is 5. The van der Waals surface area contributed by atoms with Crippen LogP contribution >= 0.6 is 0 Å². The molecular formula is C14H21N2O+. The van der Waals surface area contributed by atoms with Gasteiger partial charge in [-0.2, -0.15) is 0 Å². The minimum Gasteiger partial charge on any atom is -0.343 e. The van der Waals surface area contributed by atoms with Crippen LogP contribution < -0.4 is 4.57 Å². The maximum atomic E-state index is 11.8. The predicted octanol–water partition coefficient (Wildman–Crippen LogP) is 1.77. The van der Waals surface area contributed by atoms with E-state index in [0.29, 0.717) is 12.3 Å². The summed E-state index contributed by atoms with van der Waals surface area (Å²) in [7, 11) is 0. The molecule has 92 valence electrons. The van der Waals surface area contributed by atoms with Crippen molar-refractivity contribution in [1.29, 1.82) is 0 Å². The van der Waals surface area contributed by atoms with E-state index in [1.54, 1.807) is 0 Å². The van der Waals surface area contributed by atoms with Crippen molar-refractivity contribution >= 4 is 5.91 Å². The van der Waals surface area contributed by atoms with E-state index in [1.807, 2.05) is 23.1 Å². The van der Waals surface area contributed by atoms with E-state index < -0.39 is 0 Å². The highest BCUT2D eigenvalue weighted by Crippen LogP contribution is 2.10. The summed E-state index contributed by atoms with van der Waals surface area (Å²) in [4.78, 5) is 13.8. The number of hydrogen-bond donors (Lipinski definition) is 0. The van der Waals surface area contributed by atoms with Gasteiger partial charge >= 0.3 is 0 Å². The summed E-state index contributed by atoms with van der Waals surface area (Å²) >= 11 is 0. The molecule has 3 nitrogen and oxygen atoms in total. The molecule has 1 aliphatic heterocycles. The van der Waals surface area contributed by atoms with E-state index in [-0.39, 0.29) is 0 Å². The largest absolute Gasteiger partial charge is 0.343 e. The van der Waals surface area contributed by atoms with Gasteiger partial charge in [0, 0.05) is 38.1 Å². The molecule has 0 spiro atoms. The van der Waals surface area contributed by atoms with Crippen molar-refractivity contribution < 1.29 is 9.36 Å². The third-order valence-corrected chi connectivity index (χ3v) is 3.29. The Morgan fingerprint density at radius 1 is 1.06 bits per heavy atom. The van der Waals surface area contributed by atoms with Gasteiger partial charge in [-0.1, -0.05) is 6.07 Å². The number of pyridine rings is 1. The zero-order valence-electron chi connectivity index (χ0n) is 10.3. The van der Waals surface area contributed by atoms with Crippen molar-refractivity contribution in [2.75, 3.05) is 13.1 Å². The average Bonchev–Trinajstić information content (AvgIpc) is 2.89. The number of amides is 1. The van der Waals surface area contributed by atoms with Gasteiger partial charge < -0.3 is 4.90 Å². The molecule has 1 aliphatic rings. The zero-order valence-corrected chi connectivity index (χ0v) is 10.3. The fraction of sp³-hybridized carbons (Fsp3) is 0.571. The van der Waals surface area contributed by atoms with Crippen molar-refractivity contribution in [3.05, 3.63) is 30.6 Å². The molecule has 0 unspecified atom stereocenters. The molecule has 2 rings (SSSR count). The minimum absolute atomic E-state index is 0.348. The van der Waals surface area contributed by atoms with Gasteiger partial charge in [-0.3, -0.25) is 4.79 Å². The molecule has 0 aromatic carbocycles. The average molecular weight is 233 g/mol. The molecule has 1 fully saturated rings. The number of carbonyl (C=O) groups is 1. The third-order valence-electron chi connectivity index (χ3n) is 3.29. The number of nitrogens with zero attached hydrogens (tertiary/aromatic N) is 2. The smallest absolute Gasteiger partial charge is 0.222 e. The van der Waals surface area contributed by atoms with Gasteiger partial charge in [0.25, 0.3) is 0 Å². The summed E-state index contributed by atoms with van der Waals surface area (Å²) in [5.41, 5.74) is 0. The molecule has 3 heteroatoms. The molecule has 2 heterocycles. The molecule has 0 N–H and O–H groups in total. The van der Waals surface area contributed by atoms with Crippen LogP contribution in [0.4, 0.5) is 0 Å². The molecule has 17 heavy (non-hydrogen) atoms. The Morgan fingerprint density at radius 3 is 2.47 bits per heavy atom. The lowest BCUT2D eigenvalue weighted by molar-refractivity contribution is -0.697. The van der Waals surface area contributed by atoms with Gasteiger partial charge in [0.15, 0.2) is 12.4 Å². The summed E-state index contributed by atoms with van der Waals surface area (Å²) in [6, 6.07) is 6.10. The van der Waals surface area contributed by atoms with Crippen LogP contribution in [0.2, 0.25) is 0 Å². The Kier molecular flexibility index (Phi) is 4.54. The quantitative estimate of drug-likeness (QED) is 0.562. The first kappa shape index (κ1) is 12.1. The molecule has 0 atom stereocenters. The topological polar surface area (TPSA) is 24.2 Å². The highest BCUT2D eigenvalue weighted by Gasteiger charge is 2.16. The van der Waals surface area contributed by atoms with Gasteiger partial charge in [-0.25, -0.2) is 4.57 Å². The van der Waals surface area contributed by atoms with Crippen LogP contribution in [0.15, 0.2) is 30.6 Å². The standard InChI is InChI=1S/C14H21N2O/c17-14(16-12-6-7-13-16)8-2-5-11-15-9-3-1-4-10-15/h1,3-4,9-10H,2,5-8,11-13H2/q+1. The Hall–Kier alpha value is -1.38. The lowest BCUT2D eigenvalue weighted by atomic mass is 10.2. The molecule has 0 saturated carbocycles. The number of likely N-dealkylation sites (tertiary alicyclic amines) is 1. The first-order chi connectivity index (χ1) is 8.36. The van der Waals surface area contributed by atoms with Gasteiger partial charge in [0.2, 0.25) is 5.91 Å². The summed E-state index contributed by atoms with van der Waals surface area (Å²) in [6.45, 7) is 2.96. The lowest BCUT2D eigenvalue weighted by Crippen LogP contribution is -2.32. The highest BCUT2D eigenvalue weighted by molar-refractivity contribution is 5.76. The van der Waals surface area contributed by atoms with Crippen LogP contribution in [0, 0.1) is 0 Å². The maximum Gasteiger partial charge on any atom is 0.222 e. The fourth-order valence-corrected chi connectivity index (χ4v) is 2.28. The summed E-state index contributed by atoms with van der Waals surface area (Å²) in [5.74, 6) is 0.348. The highest BCUT2D eigenvalue weighted by atomic mass is 16.2. The number of hydrogen-bond acceptors (Lipinski definition) is 1. The van der Waals surface area contributed by atoms with Crippen LogP contribution in [-0.2, 0) is 11.3 Å². The second-order valence-corrected chi connectivity index (χ2v) is 4.66. The normalized spacial score (nSPS) is 15.2. The molecule has 0 radical (unpaired) electrons. The zero-order chi connectivity index (χ0) is 11.9. The van der Waals surface area contributed by atoms with E-state index in [2.05, 4.69) is 17.0 Å². The summed E-state index contributed by atoms with van der Waals surface area (Å²) < 4.78 is 2.17. The Bertz CT molecular complexity index is 344. The summed E-state index contributed by atoms with van der Waals surface area (Å²) in [5, 5.41) is 0. The van der Waals surface area contributed by atoms with Crippen molar-refractivity contribution in [2.24, 2.45) is 0 Å². The number of unbranched alkanes of at least 4 members (excludes halogenated alkanes) is 1.